The summed E-state index contributed by atoms with van der Waals surface area (Å²) >= 11 is 0. The van der Waals surface area contributed by atoms with Gasteiger partial charge in [-0.3, -0.25) is 4.98 Å². The lowest BCUT2D eigenvalue weighted by atomic mass is 9.99. The van der Waals surface area contributed by atoms with E-state index in [1.807, 2.05) is 0 Å². The highest BCUT2D eigenvalue weighted by Gasteiger charge is 2.18. The molecule has 19 heavy (non-hydrogen) atoms. The van der Waals surface area contributed by atoms with Crippen molar-refractivity contribution in [3.05, 3.63) is 53.6 Å². The zero-order valence-corrected chi connectivity index (χ0v) is 10.8. The van der Waals surface area contributed by atoms with E-state index in [0.29, 0.717) is 22.6 Å². The van der Waals surface area contributed by atoms with E-state index in [0.717, 1.165) is 6.20 Å². The van der Waals surface area contributed by atoms with Gasteiger partial charge in [0.15, 0.2) is 0 Å². The Kier molecular flexibility index (Phi) is 3.97. The van der Waals surface area contributed by atoms with Crippen LogP contribution in [-0.2, 0) is 0 Å². The number of hydrogen-bond donors (Lipinski definition) is 1. The normalized spacial score (nSPS) is 12.0. The Balaban J connectivity index is 2.48. The number of hydrogen-bond acceptors (Lipinski definition) is 4. The highest BCUT2D eigenvalue weighted by molar-refractivity contribution is 5.45. The Bertz CT molecular complexity index is 575. The van der Waals surface area contributed by atoms with Crippen LogP contribution in [0.4, 0.5) is 4.39 Å². The summed E-state index contributed by atoms with van der Waals surface area (Å²) in [6.07, 6.45) is 2.65. The van der Waals surface area contributed by atoms with Crippen LogP contribution in [0.5, 0.6) is 11.5 Å². The van der Waals surface area contributed by atoms with E-state index >= 15 is 0 Å². The van der Waals surface area contributed by atoms with Crippen LogP contribution in [0.3, 0.4) is 0 Å². The van der Waals surface area contributed by atoms with Crippen LogP contribution in [0, 0.1) is 5.82 Å². The second-order valence-corrected chi connectivity index (χ2v) is 3.98. The predicted molar refractivity (Wildman–Crippen MR) is 69.8 cm³/mol. The van der Waals surface area contributed by atoms with Gasteiger partial charge in [-0.25, -0.2) is 4.39 Å². The number of pyridine rings is 1. The summed E-state index contributed by atoms with van der Waals surface area (Å²) in [6.45, 7) is 0. The zero-order chi connectivity index (χ0) is 13.8. The van der Waals surface area contributed by atoms with E-state index in [4.69, 9.17) is 15.2 Å². The smallest absolute Gasteiger partial charge is 0.146 e. The lowest BCUT2D eigenvalue weighted by molar-refractivity contribution is 0.396. The van der Waals surface area contributed by atoms with E-state index < -0.39 is 11.9 Å². The van der Waals surface area contributed by atoms with Crippen molar-refractivity contribution in [3.63, 3.8) is 0 Å². The Hall–Kier alpha value is -2.14. The summed E-state index contributed by atoms with van der Waals surface area (Å²) in [4.78, 5) is 3.71. The molecule has 1 aromatic heterocycles. The first-order chi connectivity index (χ1) is 9.17. The molecule has 0 saturated carbocycles. The highest BCUT2D eigenvalue weighted by atomic mass is 19.1. The number of methoxy groups -OCH3 is 2. The maximum Gasteiger partial charge on any atom is 0.146 e. The number of benzene rings is 1. The Morgan fingerprint density at radius 1 is 1.16 bits per heavy atom. The molecule has 0 saturated heterocycles. The molecule has 2 rings (SSSR count). The van der Waals surface area contributed by atoms with Gasteiger partial charge in [-0.15, -0.1) is 0 Å². The number of halogens is 1. The van der Waals surface area contributed by atoms with Gasteiger partial charge >= 0.3 is 0 Å². The Morgan fingerprint density at radius 2 is 1.95 bits per heavy atom. The topological polar surface area (TPSA) is 57.4 Å². The van der Waals surface area contributed by atoms with Crippen LogP contribution >= 0.6 is 0 Å². The zero-order valence-electron chi connectivity index (χ0n) is 10.8. The van der Waals surface area contributed by atoms with Crippen LogP contribution in [0.15, 0.2) is 36.7 Å². The number of nitrogens with two attached hydrogens (primary N) is 1. The molecule has 0 radical (unpaired) electrons. The van der Waals surface area contributed by atoms with E-state index in [1.165, 1.54) is 6.20 Å². The molecule has 1 atom stereocenters. The summed E-state index contributed by atoms with van der Waals surface area (Å²) in [7, 11) is 3.10. The third-order valence-electron chi connectivity index (χ3n) is 2.91. The van der Waals surface area contributed by atoms with Crippen molar-refractivity contribution >= 4 is 0 Å². The second-order valence-electron chi connectivity index (χ2n) is 3.98. The first-order valence-electron chi connectivity index (χ1n) is 5.74. The van der Waals surface area contributed by atoms with Crippen molar-refractivity contribution in [1.29, 1.82) is 0 Å². The van der Waals surface area contributed by atoms with Crippen molar-refractivity contribution < 1.29 is 13.9 Å². The summed E-state index contributed by atoms with van der Waals surface area (Å²) < 4.78 is 24.1. The molecule has 0 aliphatic heterocycles. The van der Waals surface area contributed by atoms with E-state index in [-0.39, 0.29) is 0 Å². The fourth-order valence-corrected chi connectivity index (χ4v) is 1.89. The van der Waals surface area contributed by atoms with Gasteiger partial charge in [0.1, 0.15) is 17.3 Å². The van der Waals surface area contributed by atoms with Crippen LogP contribution in [0.1, 0.15) is 17.2 Å². The molecular formula is C14H15FN2O2. The highest BCUT2D eigenvalue weighted by Crippen LogP contribution is 2.32. The van der Waals surface area contributed by atoms with Gasteiger partial charge in [-0.2, -0.15) is 0 Å². The summed E-state index contributed by atoms with van der Waals surface area (Å²) in [5.41, 5.74) is 7.14. The Labute approximate surface area is 111 Å². The summed E-state index contributed by atoms with van der Waals surface area (Å²) in [5, 5.41) is 0. The van der Waals surface area contributed by atoms with Crippen molar-refractivity contribution in [2.75, 3.05) is 14.2 Å². The third kappa shape index (κ3) is 2.66. The van der Waals surface area contributed by atoms with Gasteiger partial charge < -0.3 is 15.2 Å². The van der Waals surface area contributed by atoms with E-state index in [9.17, 15) is 4.39 Å². The minimum atomic E-state index is -0.645. The molecule has 0 aliphatic carbocycles. The maximum absolute atomic E-state index is 13.7. The molecule has 2 aromatic rings. The molecule has 4 nitrogen and oxygen atoms in total. The molecule has 0 fully saturated rings. The monoisotopic (exact) mass is 262 g/mol. The quantitative estimate of drug-likeness (QED) is 0.918. The molecule has 0 amide bonds. The SMILES string of the molecule is COc1ccc(OC)c(C(N)c2ccncc2F)c1. The van der Waals surface area contributed by atoms with Gasteiger partial charge in [0.05, 0.1) is 26.5 Å². The minimum absolute atomic E-state index is 0.363. The number of rotatable bonds is 4. The fourth-order valence-electron chi connectivity index (χ4n) is 1.89. The van der Waals surface area contributed by atoms with Crippen molar-refractivity contribution in [3.8, 4) is 11.5 Å². The number of ether oxygens (including phenoxy) is 2. The largest absolute Gasteiger partial charge is 0.497 e. The van der Waals surface area contributed by atoms with Gasteiger partial charge in [0, 0.05) is 17.3 Å². The summed E-state index contributed by atoms with van der Waals surface area (Å²) in [5.74, 6) is 0.782. The predicted octanol–water partition coefficient (Wildman–Crippen LogP) is 2.29. The first kappa shape index (κ1) is 13.3. The lowest BCUT2D eigenvalue weighted by Gasteiger charge is -2.17. The average molecular weight is 262 g/mol. The van der Waals surface area contributed by atoms with Gasteiger partial charge in [0.2, 0.25) is 0 Å². The van der Waals surface area contributed by atoms with Crippen LogP contribution in [-0.4, -0.2) is 19.2 Å². The van der Waals surface area contributed by atoms with Crippen molar-refractivity contribution in [2.24, 2.45) is 5.73 Å². The van der Waals surface area contributed by atoms with Gasteiger partial charge in [-0.1, -0.05) is 0 Å². The molecule has 5 heteroatoms. The third-order valence-corrected chi connectivity index (χ3v) is 2.91. The Morgan fingerprint density at radius 3 is 2.58 bits per heavy atom. The van der Waals surface area contributed by atoms with Gasteiger partial charge in [-0.05, 0) is 24.3 Å². The molecule has 1 heterocycles. The summed E-state index contributed by atoms with van der Waals surface area (Å²) in [6, 6.07) is 6.15. The molecule has 2 N–H and O–H groups in total. The van der Waals surface area contributed by atoms with E-state index in [2.05, 4.69) is 4.98 Å². The molecule has 0 spiro atoms. The molecule has 1 unspecified atom stereocenters. The van der Waals surface area contributed by atoms with Crippen LogP contribution in [0.2, 0.25) is 0 Å². The number of aromatic nitrogens is 1. The maximum atomic E-state index is 13.7. The standard InChI is InChI=1S/C14H15FN2O2/c1-18-9-3-4-13(19-2)11(7-9)14(16)10-5-6-17-8-12(10)15/h3-8,14H,16H2,1-2H3. The molecule has 1 aromatic carbocycles. The average Bonchev–Trinajstić information content (AvgIpc) is 2.46. The number of nitrogens with zero attached hydrogens (tertiary/aromatic N) is 1. The molecule has 0 bridgehead atoms. The fraction of sp³-hybridized carbons (Fsp3) is 0.214. The first-order valence-corrected chi connectivity index (χ1v) is 5.74. The molecule has 100 valence electrons. The minimum Gasteiger partial charge on any atom is -0.497 e. The van der Waals surface area contributed by atoms with E-state index in [1.54, 1.807) is 38.5 Å². The second kappa shape index (κ2) is 5.67. The van der Waals surface area contributed by atoms with Crippen molar-refractivity contribution in [2.45, 2.75) is 6.04 Å². The van der Waals surface area contributed by atoms with Gasteiger partial charge in [0.25, 0.3) is 0 Å². The van der Waals surface area contributed by atoms with Crippen LogP contribution in [0.25, 0.3) is 0 Å². The molecule has 0 aliphatic rings. The lowest BCUT2D eigenvalue weighted by Crippen LogP contribution is -2.15. The van der Waals surface area contributed by atoms with Crippen LogP contribution < -0.4 is 15.2 Å². The molecular weight excluding hydrogens is 247 g/mol. The van der Waals surface area contributed by atoms with Crippen molar-refractivity contribution in [1.82, 2.24) is 4.98 Å².